The summed E-state index contributed by atoms with van der Waals surface area (Å²) in [5.41, 5.74) is 3.11. The van der Waals surface area contributed by atoms with Crippen LogP contribution in [0.25, 0.3) is 11.3 Å². The number of aliphatic hydroxyl groups excluding tert-OH is 1. The van der Waals surface area contributed by atoms with Crippen molar-refractivity contribution in [3.63, 3.8) is 0 Å². The first-order valence-corrected chi connectivity index (χ1v) is 8.06. The van der Waals surface area contributed by atoms with Crippen molar-refractivity contribution >= 4 is 0 Å². The monoisotopic (exact) mass is 300 g/mol. The third-order valence-electron chi connectivity index (χ3n) is 4.45. The summed E-state index contributed by atoms with van der Waals surface area (Å²) in [6, 6.07) is 3.94. The quantitative estimate of drug-likeness (QED) is 0.858. The second-order valence-electron chi connectivity index (χ2n) is 6.16. The Morgan fingerprint density at radius 3 is 2.95 bits per heavy atom. The van der Waals surface area contributed by atoms with Crippen LogP contribution in [0.2, 0.25) is 0 Å². The van der Waals surface area contributed by atoms with Crippen LogP contribution in [0, 0.1) is 5.92 Å². The number of aryl methyl sites for hydroxylation is 1. The fourth-order valence-electron chi connectivity index (χ4n) is 3.28. The zero-order valence-corrected chi connectivity index (χ0v) is 13.1. The molecule has 2 aromatic rings. The number of pyridine rings is 1. The van der Waals surface area contributed by atoms with Gasteiger partial charge in [0.15, 0.2) is 0 Å². The first kappa shape index (κ1) is 15.2. The SMILES string of the molecule is Cn1cc(CNCC(O)C2CCCC2)c(-c2cccnc2)n1. The standard InChI is InChI=1S/C17H24N4O/c1-21-12-15(17(20-21)14-7-4-8-18-9-14)10-19-11-16(22)13-5-2-3-6-13/h4,7-9,12-13,16,19,22H,2-3,5-6,10-11H2,1H3. The molecule has 22 heavy (non-hydrogen) atoms. The van der Waals surface area contributed by atoms with Gasteiger partial charge in [0.05, 0.1) is 11.8 Å². The minimum absolute atomic E-state index is 0.235. The summed E-state index contributed by atoms with van der Waals surface area (Å²) < 4.78 is 1.83. The van der Waals surface area contributed by atoms with Gasteiger partial charge in [-0.25, -0.2) is 0 Å². The van der Waals surface area contributed by atoms with Crippen molar-refractivity contribution in [2.45, 2.75) is 38.3 Å². The van der Waals surface area contributed by atoms with Crippen LogP contribution < -0.4 is 5.32 Å². The van der Waals surface area contributed by atoms with Crippen molar-refractivity contribution < 1.29 is 5.11 Å². The molecule has 1 aliphatic carbocycles. The van der Waals surface area contributed by atoms with Crippen molar-refractivity contribution in [3.05, 3.63) is 36.3 Å². The van der Waals surface area contributed by atoms with Gasteiger partial charge in [-0.05, 0) is 30.9 Å². The normalized spacial score (nSPS) is 17.0. The van der Waals surface area contributed by atoms with E-state index in [2.05, 4.69) is 15.4 Å². The molecule has 2 aromatic heterocycles. The van der Waals surface area contributed by atoms with Crippen molar-refractivity contribution in [1.29, 1.82) is 0 Å². The number of rotatable bonds is 6. The van der Waals surface area contributed by atoms with E-state index in [0.717, 1.165) is 29.7 Å². The van der Waals surface area contributed by atoms with Crippen LogP contribution in [0.1, 0.15) is 31.2 Å². The van der Waals surface area contributed by atoms with Gasteiger partial charge in [-0.2, -0.15) is 5.10 Å². The molecule has 1 aliphatic rings. The van der Waals surface area contributed by atoms with Gasteiger partial charge in [-0.15, -0.1) is 0 Å². The number of hydrogen-bond donors (Lipinski definition) is 2. The zero-order chi connectivity index (χ0) is 15.4. The number of nitrogens with one attached hydrogen (secondary N) is 1. The van der Waals surface area contributed by atoms with Crippen LogP contribution in [0.4, 0.5) is 0 Å². The number of nitrogens with zero attached hydrogens (tertiary/aromatic N) is 3. The van der Waals surface area contributed by atoms with Gasteiger partial charge in [0.1, 0.15) is 0 Å². The van der Waals surface area contributed by atoms with E-state index in [9.17, 15) is 5.11 Å². The number of hydrogen-bond acceptors (Lipinski definition) is 4. The number of aliphatic hydroxyl groups is 1. The first-order valence-electron chi connectivity index (χ1n) is 8.06. The molecule has 0 amide bonds. The van der Waals surface area contributed by atoms with Crippen LogP contribution in [0.15, 0.2) is 30.7 Å². The second kappa shape index (κ2) is 7.03. The molecule has 0 saturated heterocycles. The van der Waals surface area contributed by atoms with Crippen molar-refractivity contribution in [2.75, 3.05) is 6.54 Å². The Morgan fingerprint density at radius 2 is 2.23 bits per heavy atom. The lowest BCUT2D eigenvalue weighted by Crippen LogP contribution is -2.31. The lowest BCUT2D eigenvalue weighted by molar-refractivity contribution is 0.109. The molecule has 1 saturated carbocycles. The summed E-state index contributed by atoms with van der Waals surface area (Å²) in [7, 11) is 1.93. The zero-order valence-electron chi connectivity index (χ0n) is 13.1. The van der Waals surface area contributed by atoms with Gasteiger partial charge in [0.25, 0.3) is 0 Å². The van der Waals surface area contributed by atoms with Gasteiger partial charge in [0.2, 0.25) is 0 Å². The maximum Gasteiger partial charge on any atom is 0.0983 e. The highest BCUT2D eigenvalue weighted by Crippen LogP contribution is 2.27. The number of aromatic nitrogens is 3. The van der Waals surface area contributed by atoms with Crippen LogP contribution in [0.5, 0.6) is 0 Å². The fraction of sp³-hybridized carbons (Fsp3) is 0.529. The molecule has 0 bridgehead atoms. The average molecular weight is 300 g/mol. The van der Waals surface area contributed by atoms with Gasteiger partial charge < -0.3 is 10.4 Å². The van der Waals surface area contributed by atoms with E-state index in [1.807, 2.05) is 36.3 Å². The minimum Gasteiger partial charge on any atom is -0.392 e. The predicted molar refractivity (Wildman–Crippen MR) is 86.1 cm³/mol. The third-order valence-corrected chi connectivity index (χ3v) is 4.45. The van der Waals surface area contributed by atoms with Crippen LogP contribution >= 0.6 is 0 Å². The van der Waals surface area contributed by atoms with E-state index >= 15 is 0 Å². The molecule has 0 aliphatic heterocycles. The Hall–Kier alpha value is -1.72. The first-order chi connectivity index (χ1) is 10.7. The van der Waals surface area contributed by atoms with Gasteiger partial charge in [-0.1, -0.05) is 12.8 Å². The molecule has 118 valence electrons. The molecule has 3 rings (SSSR count). The molecule has 1 unspecified atom stereocenters. The Morgan fingerprint density at radius 1 is 1.41 bits per heavy atom. The van der Waals surface area contributed by atoms with Crippen LogP contribution in [-0.2, 0) is 13.6 Å². The van der Waals surface area contributed by atoms with E-state index in [-0.39, 0.29) is 6.10 Å². The molecule has 2 N–H and O–H groups in total. The van der Waals surface area contributed by atoms with E-state index in [0.29, 0.717) is 19.0 Å². The Labute approximate surface area is 131 Å². The predicted octanol–water partition coefficient (Wildman–Crippen LogP) is 2.12. The maximum atomic E-state index is 10.2. The highest BCUT2D eigenvalue weighted by atomic mass is 16.3. The molecule has 2 heterocycles. The highest BCUT2D eigenvalue weighted by molar-refractivity contribution is 5.61. The maximum absolute atomic E-state index is 10.2. The van der Waals surface area contributed by atoms with Crippen molar-refractivity contribution in [1.82, 2.24) is 20.1 Å². The van der Waals surface area contributed by atoms with Gasteiger partial charge in [0, 0.05) is 49.9 Å². The molecule has 1 atom stereocenters. The van der Waals surface area contributed by atoms with Gasteiger partial charge in [-0.3, -0.25) is 9.67 Å². The summed E-state index contributed by atoms with van der Waals surface area (Å²) in [5, 5.41) is 18.1. The summed E-state index contributed by atoms with van der Waals surface area (Å²) in [6.45, 7) is 1.36. The summed E-state index contributed by atoms with van der Waals surface area (Å²) in [5.74, 6) is 0.471. The molecule has 5 heteroatoms. The summed E-state index contributed by atoms with van der Waals surface area (Å²) in [6.07, 6.45) is 10.2. The molecule has 0 radical (unpaired) electrons. The third kappa shape index (κ3) is 3.54. The summed E-state index contributed by atoms with van der Waals surface area (Å²) in [4.78, 5) is 4.16. The van der Waals surface area contributed by atoms with E-state index in [1.54, 1.807) is 6.20 Å². The van der Waals surface area contributed by atoms with E-state index in [4.69, 9.17) is 0 Å². The molecule has 0 spiro atoms. The van der Waals surface area contributed by atoms with Crippen LogP contribution in [0.3, 0.4) is 0 Å². The fourth-order valence-corrected chi connectivity index (χ4v) is 3.28. The average Bonchev–Trinajstić information content (AvgIpc) is 3.18. The molecule has 5 nitrogen and oxygen atoms in total. The van der Waals surface area contributed by atoms with Crippen LogP contribution in [-0.4, -0.2) is 32.5 Å². The minimum atomic E-state index is -0.235. The Kier molecular flexibility index (Phi) is 4.85. The molecule has 1 fully saturated rings. The topological polar surface area (TPSA) is 63.0 Å². The van der Waals surface area contributed by atoms with E-state index < -0.39 is 0 Å². The van der Waals surface area contributed by atoms with Gasteiger partial charge >= 0.3 is 0 Å². The molecular formula is C17H24N4O. The Bertz CT molecular complexity index is 590. The lowest BCUT2D eigenvalue weighted by atomic mass is 10.0. The van der Waals surface area contributed by atoms with E-state index in [1.165, 1.54) is 12.8 Å². The largest absolute Gasteiger partial charge is 0.392 e. The second-order valence-corrected chi connectivity index (χ2v) is 6.16. The molecule has 0 aromatic carbocycles. The summed E-state index contributed by atoms with van der Waals surface area (Å²) >= 11 is 0. The lowest BCUT2D eigenvalue weighted by Gasteiger charge is -2.18. The highest BCUT2D eigenvalue weighted by Gasteiger charge is 2.22. The smallest absolute Gasteiger partial charge is 0.0983 e. The van der Waals surface area contributed by atoms with Crippen molar-refractivity contribution in [3.8, 4) is 11.3 Å². The Balaban J connectivity index is 1.61. The molecular weight excluding hydrogens is 276 g/mol. The van der Waals surface area contributed by atoms with Crippen molar-refractivity contribution in [2.24, 2.45) is 13.0 Å².